The van der Waals surface area contributed by atoms with E-state index in [0.717, 1.165) is 6.42 Å². The van der Waals surface area contributed by atoms with E-state index in [1.54, 1.807) is 36.8 Å². The molecule has 2 rings (SSSR count). The van der Waals surface area contributed by atoms with Gasteiger partial charge < -0.3 is 20.9 Å². The van der Waals surface area contributed by atoms with Gasteiger partial charge in [-0.05, 0) is 37.5 Å². The Balaban J connectivity index is 0.00000392. The fourth-order valence-electron chi connectivity index (χ4n) is 3.04. The lowest BCUT2D eigenvalue weighted by Gasteiger charge is -2.31. The number of nitrogens with zero attached hydrogens (tertiary/aromatic N) is 2. The monoisotopic (exact) mass is 443 g/mol. The molecule has 162 valence electrons. The van der Waals surface area contributed by atoms with Crippen LogP contribution in [0.2, 0.25) is 0 Å². The Morgan fingerprint density at radius 1 is 1.28 bits per heavy atom. The van der Waals surface area contributed by atoms with E-state index in [1.807, 2.05) is 17.7 Å². The molecule has 7 nitrogen and oxygen atoms in total. The highest BCUT2D eigenvalue weighted by molar-refractivity contribution is 5.97. The SMILES string of the molecule is CC(C)CC(C)(CN)NC(=O)c1cccc(NC(=O)CCn2ccnc2)c1.Cl.Cl. The number of hydrogen-bond donors (Lipinski definition) is 3. The number of hydrogen-bond acceptors (Lipinski definition) is 4. The number of carbonyl (C=O) groups excluding carboxylic acids is 2. The standard InChI is InChI=1S/C20H29N5O2.2ClH/c1-15(2)12-20(3,13-21)24-19(27)16-5-4-6-17(11-16)23-18(26)7-9-25-10-8-22-14-25;;/h4-6,8,10-11,14-15H,7,9,12-13,21H2,1-3H3,(H,23,26)(H,24,27);2*1H. The van der Waals surface area contributed by atoms with Gasteiger partial charge in [0.1, 0.15) is 0 Å². The van der Waals surface area contributed by atoms with Crippen molar-refractivity contribution in [2.75, 3.05) is 11.9 Å². The molecule has 29 heavy (non-hydrogen) atoms. The summed E-state index contributed by atoms with van der Waals surface area (Å²) in [6.07, 6.45) is 6.27. The molecular weight excluding hydrogens is 413 g/mol. The number of halogens is 2. The minimum atomic E-state index is -0.463. The predicted octanol–water partition coefficient (Wildman–Crippen LogP) is 3.25. The van der Waals surface area contributed by atoms with Crippen LogP contribution in [0.15, 0.2) is 43.0 Å². The first-order valence-corrected chi connectivity index (χ1v) is 9.19. The molecule has 0 aliphatic heterocycles. The van der Waals surface area contributed by atoms with Gasteiger partial charge in [-0.3, -0.25) is 9.59 Å². The Morgan fingerprint density at radius 2 is 2.00 bits per heavy atom. The molecule has 4 N–H and O–H groups in total. The van der Waals surface area contributed by atoms with Crippen LogP contribution in [-0.2, 0) is 11.3 Å². The van der Waals surface area contributed by atoms with Crippen LogP contribution in [0.25, 0.3) is 0 Å². The third-order valence-corrected chi connectivity index (χ3v) is 4.29. The second-order valence-electron chi connectivity index (χ2n) is 7.50. The van der Waals surface area contributed by atoms with Crippen molar-refractivity contribution in [2.45, 2.75) is 45.7 Å². The van der Waals surface area contributed by atoms with Crippen LogP contribution in [0.4, 0.5) is 5.69 Å². The molecule has 1 aromatic carbocycles. The Morgan fingerprint density at radius 3 is 2.59 bits per heavy atom. The van der Waals surface area contributed by atoms with E-state index in [1.165, 1.54) is 0 Å². The summed E-state index contributed by atoms with van der Waals surface area (Å²) >= 11 is 0. The molecule has 0 fully saturated rings. The summed E-state index contributed by atoms with van der Waals surface area (Å²) in [5, 5.41) is 5.86. The second-order valence-corrected chi connectivity index (χ2v) is 7.50. The van der Waals surface area contributed by atoms with E-state index in [0.29, 0.717) is 36.7 Å². The van der Waals surface area contributed by atoms with Gasteiger partial charge >= 0.3 is 0 Å². The van der Waals surface area contributed by atoms with E-state index in [9.17, 15) is 9.59 Å². The second kappa shape index (κ2) is 12.5. The molecule has 0 aliphatic carbocycles. The fraction of sp³-hybridized carbons (Fsp3) is 0.450. The molecule has 0 radical (unpaired) electrons. The van der Waals surface area contributed by atoms with Crippen molar-refractivity contribution in [3.05, 3.63) is 48.5 Å². The number of aryl methyl sites for hydroxylation is 1. The van der Waals surface area contributed by atoms with Crippen molar-refractivity contribution < 1.29 is 9.59 Å². The van der Waals surface area contributed by atoms with Gasteiger partial charge in [-0.15, -0.1) is 24.8 Å². The van der Waals surface area contributed by atoms with Crippen molar-refractivity contribution >= 4 is 42.3 Å². The molecule has 0 saturated heterocycles. The average Bonchev–Trinajstić information content (AvgIpc) is 3.13. The molecule has 9 heteroatoms. The van der Waals surface area contributed by atoms with Crippen molar-refractivity contribution in [1.82, 2.24) is 14.9 Å². The molecule has 0 aliphatic rings. The molecule has 0 saturated carbocycles. The lowest BCUT2D eigenvalue weighted by molar-refractivity contribution is -0.116. The predicted molar refractivity (Wildman–Crippen MR) is 121 cm³/mol. The number of anilines is 1. The Kier molecular flexibility index (Phi) is 11.6. The van der Waals surface area contributed by atoms with Gasteiger partial charge in [-0.2, -0.15) is 0 Å². The largest absolute Gasteiger partial charge is 0.346 e. The van der Waals surface area contributed by atoms with E-state index in [2.05, 4.69) is 29.5 Å². The van der Waals surface area contributed by atoms with Gasteiger partial charge in [0.05, 0.1) is 6.33 Å². The average molecular weight is 444 g/mol. The number of carbonyl (C=O) groups is 2. The van der Waals surface area contributed by atoms with Crippen molar-refractivity contribution in [1.29, 1.82) is 0 Å². The van der Waals surface area contributed by atoms with Gasteiger partial charge in [0.15, 0.2) is 0 Å². The van der Waals surface area contributed by atoms with E-state index in [-0.39, 0.29) is 36.6 Å². The molecule has 0 spiro atoms. The van der Waals surface area contributed by atoms with Crippen LogP contribution in [0, 0.1) is 5.92 Å². The molecule has 2 amide bonds. The van der Waals surface area contributed by atoms with E-state index < -0.39 is 5.54 Å². The minimum Gasteiger partial charge on any atom is -0.346 e. The Bertz CT molecular complexity index is 768. The highest BCUT2D eigenvalue weighted by Crippen LogP contribution is 2.17. The Hall–Kier alpha value is -2.09. The van der Waals surface area contributed by atoms with Crippen molar-refractivity contribution in [3.63, 3.8) is 0 Å². The summed E-state index contributed by atoms with van der Waals surface area (Å²) in [5.74, 6) is 0.103. The van der Waals surface area contributed by atoms with Gasteiger partial charge in [0, 0.05) is 48.7 Å². The van der Waals surface area contributed by atoms with Gasteiger partial charge in [-0.25, -0.2) is 4.98 Å². The molecule has 0 bridgehead atoms. The highest BCUT2D eigenvalue weighted by Gasteiger charge is 2.26. The normalized spacial score (nSPS) is 12.3. The number of amides is 2. The zero-order chi connectivity index (χ0) is 19.9. The molecular formula is C20H31Cl2N5O2. The molecule has 1 heterocycles. The number of aromatic nitrogens is 2. The first-order chi connectivity index (χ1) is 12.8. The van der Waals surface area contributed by atoms with Crippen molar-refractivity contribution in [2.24, 2.45) is 11.7 Å². The van der Waals surface area contributed by atoms with Crippen LogP contribution >= 0.6 is 24.8 Å². The van der Waals surface area contributed by atoms with Gasteiger partial charge in [0.25, 0.3) is 5.91 Å². The third-order valence-electron chi connectivity index (χ3n) is 4.29. The smallest absolute Gasteiger partial charge is 0.251 e. The van der Waals surface area contributed by atoms with Crippen LogP contribution < -0.4 is 16.4 Å². The quantitative estimate of drug-likeness (QED) is 0.553. The summed E-state index contributed by atoms with van der Waals surface area (Å²) in [6.45, 7) is 7.06. The fourth-order valence-corrected chi connectivity index (χ4v) is 3.04. The highest BCUT2D eigenvalue weighted by atomic mass is 35.5. The minimum absolute atomic E-state index is 0. The maximum Gasteiger partial charge on any atom is 0.251 e. The van der Waals surface area contributed by atoms with Gasteiger partial charge in [-0.1, -0.05) is 19.9 Å². The first kappa shape index (κ1) is 26.9. The first-order valence-electron chi connectivity index (χ1n) is 9.19. The molecule has 2 aromatic rings. The maximum atomic E-state index is 12.6. The van der Waals surface area contributed by atoms with E-state index >= 15 is 0 Å². The number of nitrogens with two attached hydrogens (primary N) is 1. The van der Waals surface area contributed by atoms with Crippen molar-refractivity contribution in [3.8, 4) is 0 Å². The summed E-state index contributed by atoms with van der Waals surface area (Å²) in [6, 6.07) is 6.92. The summed E-state index contributed by atoms with van der Waals surface area (Å²) in [4.78, 5) is 28.7. The summed E-state index contributed by atoms with van der Waals surface area (Å²) in [5.41, 5.74) is 6.50. The van der Waals surface area contributed by atoms with Crippen LogP contribution in [0.1, 0.15) is 44.0 Å². The van der Waals surface area contributed by atoms with E-state index in [4.69, 9.17) is 5.73 Å². The number of benzene rings is 1. The lowest BCUT2D eigenvalue weighted by atomic mass is 9.90. The zero-order valence-electron chi connectivity index (χ0n) is 17.1. The molecule has 1 unspecified atom stereocenters. The summed E-state index contributed by atoms with van der Waals surface area (Å²) < 4.78 is 1.84. The van der Waals surface area contributed by atoms with Crippen LogP contribution in [0.5, 0.6) is 0 Å². The third kappa shape index (κ3) is 8.85. The number of rotatable bonds is 9. The molecule has 1 atom stereocenters. The van der Waals surface area contributed by atoms with Gasteiger partial charge in [0.2, 0.25) is 5.91 Å². The zero-order valence-corrected chi connectivity index (χ0v) is 18.7. The maximum absolute atomic E-state index is 12.6. The molecule has 1 aromatic heterocycles. The Labute approximate surface area is 184 Å². The van der Waals surface area contributed by atoms with Crippen LogP contribution in [0.3, 0.4) is 0 Å². The van der Waals surface area contributed by atoms with Crippen LogP contribution in [-0.4, -0.2) is 33.4 Å². The number of nitrogens with one attached hydrogen (secondary N) is 2. The summed E-state index contributed by atoms with van der Waals surface area (Å²) in [7, 11) is 0. The topological polar surface area (TPSA) is 102 Å². The lowest BCUT2D eigenvalue weighted by Crippen LogP contribution is -2.52. The number of imidazole rings is 1.